The van der Waals surface area contributed by atoms with Crippen molar-refractivity contribution < 1.29 is 14.3 Å². The van der Waals surface area contributed by atoms with Gasteiger partial charge in [0.2, 0.25) is 11.7 Å². The number of aromatic amines is 1. The molecule has 2 N–H and O–H groups in total. The molecular formula is C11H12N6O3. The smallest absolute Gasteiger partial charge is 0.306 e. The highest BCUT2D eigenvalue weighted by atomic mass is 16.5. The average molecular weight is 276 g/mol. The number of H-pyrrole nitrogens is 1. The Balaban J connectivity index is 1.90. The molecule has 104 valence electrons. The molecule has 0 unspecified atom stereocenters. The highest BCUT2D eigenvalue weighted by Gasteiger charge is 2.08. The predicted molar refractivity (Wildman–Crippen MR) is 67.3 cm³/mol. The number of ether oxygens (including phenoxy) is 1. The SMILES string of the molecule is COC(=O)CCC(=O)Nc1ccc(-c2nn[nH]n2)cn1. The fraction of sp³-hybridized carbons (Fsp3) is 0.273. The van der Waals surface area contributed by atoms with E-state index in [0.717, 1.165) is 0 Å². The molecule has 0 spiro atoms. The first-order chi connectivity index (χ1) is 9.69. The second-order valence-electron chi connectivity index (χ2n) is 3.79. The Morgan fingerprint density at radius 1 is 1.35 bits per heavy atom. The van der Waals surface area contributed by atoms with Gasteiger partial charge in [-0.25, -0.2) is 4.98 Å². The predicted octanol–water partition coefficient (Wildman–Crippen LogP) is 0.153. The number of methoxy groups -OCH3 is 1. The maximum absolute atomic E-state index is 11.5. The fourth-order valence-electron chi connectivity index (χ4n) is 1.41. The quantitative estimate of drug-likeness (QED) is 0.745. The van der Waals surface area contributed by atoms with E-state index >= 15 is 0 Å². The van der Waals surface area contributed by atoms with E-state index in [9.17, 15) is 9.59 Å². The van der Waals surface area contributed by atoms with Crippen molar-refractivity contribution in [2.75, 3.05) is 12.4 Å². The van der Waals surface area contributed by atoms with Crippen LogP contribution in [0, 0.1) is 0 Å². The van der Waals surface area contributed by atoms with E-state index in [2.05, 4.69) is 35.7 Å². The number of carbonyl (C=O) groups is 2. The molecule has 0 aliphatic rings. The number of carbonyl (C=O) groups excluding carboxylic acids is 2. The number of anilines is 1. The van der Waals surface area contributed by atoms with E-state index in [4.69, 9.17) is 0 Å². The maximum Gasteiger partial charge on any atom is 0.306 e. The van der Waals surface area contributed by atoms with Crippen LogP contribution in [-0.4, -0.2) is 44.6 Å². The zero-order valence-corrected chi connectivity index (χ0v) is 10.7. The van der Waals surface area contributed by atoms with Crippen molar-refractivity contribution in [1.29, 1.82) is 0 Å². The monoisotopic (exact) mass is 276 g/mol. The lowest BCUT2D eigenvalue weighted by molar-refractivity contribution is -0.141. The zero-order valence-electron chi connectivity index (χ0n) is 10.7. The van der Waals surface area contributed by atoms with Gasteiger partial charge in [-0.05, 0) is 17.3 Å². The van der Waals surface area contributed by atoms with Gasteiger partial charge >= 0.3 is 5.97 Å². The lowest BCUT2D eigenvalue weighted by Gasteiger charge is -2.04. The molecule has 0 aromatic carbocycles. The lowest BCUT2D eigenvalue weighted by atomic mass is 10.2. The minimum Gasteiger partial charge on any atom is -0.469 e. The molecule has 0 atom stereocenters. The first-order valence-corrected chi connectivity index (χ1v) is 5.75. The molecule has 9 heteroatoms. The first-order valence-electron chi connectivity index (χ1n) is 5.75. The summed E-state index contributed by atoms with van der Waals surface area (Å²) in [5.41, 5.74) is 0.673. The van der Waals surface area contributed by atoms with Crippen LogP contribution < -0.4 is 5.32 Å². The van der Waals surface area contributed by atoms with Crippen molar-refractivity contribution in [2.24, 2.45) is 0 Å². The number of nitrogens with one attached hydrogen (secondary N) is 2. The molecular weight excluding hydrogens is 264 g/mol. The molecule has 1 amide bonds. The van der Waals surface area contributed by atoms with Crippen LogP contribution in [0.15, 0.2) is 18.3 Å². The standard InChI is InChI=1S/C11H12N6O3/c1-20-10(19)5-4-9(18)13-8-3-2-7(6-12-8)11-14-16-17-15-11/h2-3,6H,4-5H2,1H3,(H,12,13,18)(H,14,15,16,17). The Hall–Kier alpha value is -2.84. The Labute approximate surface area is 113 Å². The minimum absolute atomic E-state index is 0.0310. The van der Waals surface area contributed by atoms with E-state index in [0.29, 0.717) is 17.2 Å². The van der Waals surface area contributed by atoms with Crippen molar-refractivity contribution in [3.05, 3.63) is 18.3 Å². The topological polar surface area (TPSA) is 123 Å². The van der Waals surface area contributed by atoms with Crippen molar-refractivity contribution in [1.82, 2.24) is 25.6 Å². The van der Waals surface area contributed by atoms with E-state index < -0.39 is 5.97 Å². The average Bonchev–Trinajstić information content (AvgIpc) is 2.99. The maximum atomic E-state index is 11.5. The van der Waals surface area contributed by atoms with Gasteiger partial charge in [-0.2, -0.15) is 5.21 Å². The van der Waals surface area contributed by atoms with Crippen molar-refractivity contribution in [3.8, 4) is 11.4 Å². The highest BCUT2D eigenvalue weighted by Crippen LogP contribution is 2.13. The fourth-order valence-corrected chi connectivity index (χ4v) is 1.41. The van der Waals surface area contributed by atoms with Gasteiger partial charge in [-0.1, -0.05) is 0 Å². The van der Waals surface area contributed by atoms with Gasteiger partial charge < -0.3 is 10.1 Å². The van der Waals surface area contributed by atoms with Gasteiger partial charge in [0.25, 0.3) is 0 Å². The highest BCUT2D eigenvalue weighted by molar-refractivity contribution is 5.91. The van der Waals surface area contributed by atoms with Gasteiger partial charge in [-0.15, -0.1) is 10.2 Å². The normalized spacial score (nSPS) is 10.1. The number of hydrogen-bond donors (Lipinski definition) is 2. The van der Waals surface area contributed by atoms with Crippen molar-refractivity contribution in [3.63, 3.8) is 0 Å². The van der Waals surface area contributed by atoms with Gasteiger partial charge in [0.1, 0.15) is 5.82 Å². The van der Waals surface area contributed by atoms with E-state index in [1.54, 1.807) is 12.1 Å². The number of esters is 1. The van der Waals surface area contributed by atoms with Crippen LogP contribution in [0.4, 0.5) is 5.82 Å². The van der Waals surface area contributed by atoms with Crippen molar-refractivity contribution >= 4 is 17.7 Å². The summed E-state index contributed by atoms with van der Waals surface area (Å²) < 4.78 is 4.45. The molecule has 0 fully saturated rings. The number of amides is 1. The number of hydrogen-bond acceptors (Lipinski definition) is 7. The summed E-state index contributed by atoms with van der Waals surface area (Å²) in [6.45, 7) is 0. The number of rotatable bonds is 5. The Morgan fingerprint density at radius 2 is 2.20 bits per heavy atom. The van der Waals surface area contributed by atoms with Crippen LogP contribution in [0.1, 0.15) is 12.8 Å². The lowest BCUT2D eigenvalue weighted by Crippen LogP contribution is -2.14. The van der Waals surface area contributed by atoms with E-state index in [1.807, 2.05) is 0 Å². The largest absolute Gasteiger partial charge is 0.469 e. The third kappa shape index (κ3) is 3.57. The molecule has 20 heavy (non-hydrogen) atoms. The third-order valence-corrected chi connectivity index (χ3v) is 2.42. The van der Waals surface area contributed by atoms with Crippen molar-refractivity contribution in [2.45, 2.75) is 12.8 Å². The second-order valence-corrected chi connectivity index (χ2v) is 3.79. The van der Waals surface area contributed by atoms with E-state index in [-0.39, 0.29) is 18.7 Å². The molecule has 9 nitrogen and oxygen atoms in total. The summed E-state index contributed by atoms with van der Waals surface area (Å²) in [6, 6.07) is 3.31. The molecule has 2 aromatic rings. The Morgan fingerprint density at radius 3 is 2.80 bits per heavy atom. The molecule has 0 saturated carbocycles. The molecule has 0 aliphatic heterocycles. The Bertz CT molecular complexity index is 581. The van der Waals surface area contributed by atoms with Crippen LogP contribution in [0.2, 0.25) is 0 Å². The van der Waals surface area contributed by atoms with Crippen LogP contribution in [0.3, 0.4) is 0 Å². The number of pyridine rings is 1. The van der Waals surface area contributed by atoms with Crippen LogP contribution in [-0.2, 0) is 14.3 Å². The first kappa shape index (κ1) is 13.6. The van der Waals surface area contributed by atoms with Gasteiger partial charge in [0.05, 0.1) is 13.5 Å². The number of aromatic nitrogens is 5. The second kappa shape index (κ2) is 6.36. The van der Waals surface area contributed by atoms with E-state index in [1.165, 1.54) is 13.3 Å². The molecule has 0 saturated heterocycles. The molecule has 0 radical (unpaired) electrons. The summed E-state index contributed by atoms with van der Waals surface area (Å²) in [5, 5.41) is 16.0. The van der Waals surface area contributed by atoms with Gasteiger partial charge in [0.15, 0.2) is 0 Å². The summed E-state index contributed by atoms with van der Waals surface area (Å²) >= 11 is 0. The Kier molecular flexibility index (Phi) is 4.32. The summed E-state index contributed by atoms with van der Waals surface area (Å²) in [4.78, 5) is 26.5. The minimum atomic E-state index is -0.430. The summed E-state index contributed by atoms with van der Waals surface area (Å²) in [7, 11) is 1.28. The third-order valence-electron chi connectivity index (χ3n) is 2.42. The molecule has 2 heterocycles. The number of nitrogens with zero attached hydrogens (tertiary/aromatic N) is 4. The molecule has 2 rings (SSSR count). The van der Waals surface area contributed by atoms with Gasteiger partial charge in [-0.3, -0.25) is 9.59 Å². The summed E-state index contributed by atoms with van der Waals surface area (Å²) in [5.74, 6) is 0.0592. The number of tetrazole rings is 1. The van der Waals surface area contributed by atoms with Crippen LogP contribution in [0.5, 0.6) is 0 Å². The molecule has 0 bridgehead atoms. The molecule has 2 aromatic heterocycles. The zero-order chi connectivity index (χ0) is 14.4. The summed E-state index contributed by atoms with van der Waals surface area (Å²) in [6.07, 6.45) is 1.59. The van der Waals surface area contributed by atoms with Crippen LogP contribution >= 0.6 is 0 Å². The van der Waals surface area contributed by atoms with Gasteiger partial charge in [0, 0.05) is 18.2 Å². The molecule has 0 aliphatic carbocycles. The van der Waals surface area contributed by atoms with Crippen LogP contribution in [0.25, 0.3) is 11.4 Å².